The molecule has 2 amide bonds. The summed E-state index contributed by atoms with van der Waals surface area (Å²) in [5.41, 5.74) is 4.88. The van der Waals surface area contributed by atoms with Crippen molar-refractivity contribution in [1.29, 1.82) is 0 Å². The zero-order valence-electron chi connectivity index (χ0n) is 10.1. The quantitative estimate of drug-likeness (QED) is 0.488. The molecule has 3 N–H and O–H groups in total. The molecule has 0 bridgehead atoms. The lowest BCUT2D eigenvalue weighted by atomic mass is 10.0. The lowest BCUT2D eigenvalue weighted by Gasteiger charge is -2.09. The predicted octanol–water partition coefficient (Wildman–Crippen LogP) is 1.41. The van der Waals surface area contributed by atoms with Gasteiger partial charge >= 0.3 is 12.0 Å². The van der Waals surface area contributed by atoms with Crippen molar-refractivity contribution in [2.75, 3.05) is 13.2 Å². The van der Waals surface area contributed by atoms with Gasteiger partial charge in [-0.2, -0.15) is 0 Å². The summed E-state index contributed by atoms with van der Waals surface area (Å²) in [6.07, 6.45) is 3.18. The highest BCUT2D eigenvalue weighted by molar-refractivity contribution is 5.71. The number of carbonyl (C=O) groups excluding carboxylic acids is 2. The summed E-state index contributed by atoms with van der Waals surface area (Å²) < 4.78 is 5.01. The molecule has 1 atom stereocenters. The minimum atomic E-state index is -0.553. The predicted molar refractivity (Wildman–Crippen MR) is 61.9 cm³/mol. The Balaban J connectivity index is 3.40. The Morgan fingerprint density at radius 3 is 2.69 bits per heavy atom. The van der Waals surface area contributed by atoms with Crippen LogP contribution in [0.4, 0.5) is 4.79 Å². The lowest BCUT2D eigenvalue weighted by Crippen LogP contribution is -2.30. The Morgan fingerprint density at radius 2 is 2.12 bits per heavy atom. The molecule has 0 fully saturated rings. The van der Waals surface area contributed by atoms with Crippen molar-refractivity contribution in [3.05, 3.63) is 0 Å². The highest BCUT2D eigenvalue weighted by Gasteiger charge is 2.08. The molecule has 0 rings (SSSR count). The van der Waals surface area contributed by atoms with Crippen LogP contribution in [0, 0.1) is 5.92 Å². The van der Waals surface area contributed by atoms with Gasteiger partial charge in [0.25, 0.3) is 0 Å². The van der Waals surface area contributed by atoms with Gasteiger partial charge in [-0.05, 0) is 12.3 Å². The Kier molecular flexibility index (Phi) is 8.29. The van der Waals surface area contributed by atoms with Crippen LogP contribution in [0.15, 0.2) is 0 Å². The van der Waals surface area contributed by atoms with Crippen LogP contribution in [-0.2, 0) is 9.53 Å². The van der Waals surface area contributed by atoms with Crippen molar-refractivity contribution in [3.8, 4) is 0 Å². The zero-order valence-corrected chi connectivity index (χ0v) is 10.1. The summed E-state index contributed by atoms with van der Waals surface area (Å²) in [7, 11) is 0. The number of rotatable bonds is 8. The maximum atomic E-state index is 11.3. The molecule has 0 heterocycles. The molecular weight excluding hydrogens is 208 g/mol. The number of ether oxygens (including phenoxy) is 1. The van der Waals surface area contributed by atoms with Gasteiger partial charge in [0.15, 0.2) is 0 Å². The summed E-state index contributed by atoms with van der Waals surface area (Å²) in [5.74, 6) is 0.210. The van der Waals surface area contributed by atoms with Gasteiger partial charge in [-0.3, -0.25) is 4.79 Å². The van der Waals surface area contributed by atoms with Gasteiger partial charge in [-0.25, -0.2) is 4.79 Å². The van der Waals surface area contributed by atoms with Crippen molar-refractivity contribution in [2.24, 2.45) is 11.7 Å². The molecule has 5 nitrogen and oxygen atoms in total. The Labute approximate surface area is 96.7 Å². The van der Waals surface area contributed by atoms with E-state index in [9.17, 15) is 9.59 Å². The number of hydrogen-bond acceptors (Lipinski definition) is 3. The number of amides is 2. The van der Waals surface area contributed by atoms with Crippen LogP contribution in [0.5, 0.6) is 0 Å². The standard InChI is InChI=1S/C11H22N2O3/c1-3-5-9(2)8-10(14)16-7-4-6-13-11(12)15/h9H,3-8H2,1-2H3,(H3,12,13,15). The molecule has 5 heteroatoms. The van der Waals surface area contributed by atoms with Crippen LogP contribution in [0.25, 0.3) is 0 Å². The third-order valence-electron chi connectivity index (χ3n) is 2.18. The number of carbonyl (C=O) groups is 2. The third kappa shape index (κ3) is 9.30. The molecule has 1 unspecified atom stereocenters. The first kappa shape index (κ1) is 14.7. The zero-order chi connectivity index (χ0) is 12.4. The van der Waals surface area contributed by atoms with Crippen molar-refractivity contribution < 1.29 is 14.3 Å². The summed E-state index contributed by atoms with van der Waals surface area (Å²) in [6.45, 7) is 4.90. The first-order valence-electron chi connectivity index (χ1n) is 5.75. The number of urea groups is 1. The number of nitrogens with one attached hydrogen (secondary N) is 1. The molecule has 0 aliphatic carbocycles. The Bertz CT molecular complexity index is 219. The van der Waals surface area contributed by atoms with Gasteiger partial charge < -0.3 is 15.8 Å². The van der Waals surface area contributed by atoms with E-state index in [-0.39, 0.29) is 5.97 Å². The van der Waals surface area contributed by atoms with E-state index < -0.39 is 6.03 Å². The fraction of sp³-hybridized carbons (Fsp3) is 0.818. The number of primary amides is 1. The average molecular weight is 230 g/mol. The minimum absolute atomic E-state index is 0.167. The van der Waals surface area contributed by atoms with E-state index in [1.807, 2.05) is 6.92 Å². The molecule has 0 spiro atoms. The van der Waals surface area contributed by atoms with E-state index in [1.165, 1.54) is 0 Å². The SMILES string of the molecule is CCCC(C)CC(=O)OCCCNC(N)=O. The molecule has 0 aliphatic rings. The molecule has 0 saturated carbocycles. The van der Waals surface area contributed by atoms with E-state index in [1.54, 1.807) is 0 Å². The van der Waals surface area contributed by atoms with E-state index in [0.29, 0.717) is 31.9 Å². The molecule has 0 radical (unpaired) electrons. The lowest BCUT2D eigenvalue weighted by molar-refractivity contribution is -0.144. The van der Waals surface area contributed by atoms with Gasteiger partial charge in [-0.1, -0.05) is 26.7 Å². The average Bonchev–Trinajstić information content (AvgIpc) is 2.16. The van der Waals surface area contributed by atoms with Crippen molar-refractivity contribution >= 4 is 12.0 Å². The Hall–Kier alpha value is -1.26. The van der Waals surface area contributed by atoms with Gasteiger partial charge in [-0.15, -0.1) is 0 Å². The fourth-order valence-electron chi connectivity index (χ4n) is 1.41. The second-order valence-electron chi connectivity index (χ2n) is 3.96. The van der Waals surface area contributed by atoms with E-state index in [2.05, 4.69) is 12.2 Å². The summed E-state index contributed by atoms with van der Waals surface area (Å²) >= 11 is 0. The smallest absolute Gasteiger partial charge is 0.312 e. The van der Waals surface area contributed by atoms with E-state index >= 15 is 0 Å². The monoisotopic (exact) mass is 230 g/mol. The molecule has 0 aromatic carbocycles. The highest BCUT2D eigenvalue weighted by atomic mass is 16.5. The van der Waals surface area contributed by atoms with E-state index in [0.717, 1.165) is 12.8 Å². The van der Waals surface area contributed by atoms with Crippen LogP contribution in [0.2, 0.25) is 0 Å². The highest BCUT2D eigenvalue weighted by Crippen LogP contribution is 2.10. The maximum Gasteiger partial charge on any atom is 0.312 e. The second kappa shape index (κ2) is 9.00. The summed E-state index contributed by atoms with van der Waals surface area (Å²) in [5, 5.41) is 2.43. The molecule has 0 saturated heterocycles. The topological polar surface area (TPSA) is 81.4 Å². The minimum Gasteiger partial charge on any atom is -0.466 e. The van der Waals surface area contributed by atoms with Crippen LogP contribution < -0.4 is 11.1 Å². The van der Waals surface area contributed by atoms with Crippen molar-refractivity contribution in [3.63, 3.8) is 0 Å². The largest absolute Gasteiger partial charge is 0.466 e. The molecule has 94 valence electrons. The first-order chi connectivity index (χ1) is 7.56. The number of esters is 1. The summed E-state index contributed by atoms with van der Waals surface area (Å²) in [4.78, 5) is 21.6. The molecule has 0 aromatic rings. The van der Waals surface area contributed by atoms with Crippen molar-refractivity contribution in [2.45, 2.75) is 39.5 Å². The van der Waals surface area contributed by atoms with E-state index in [4.69, 9.17) is 10.5 Å². The molecule has 16 heavy (non-hydrogen) atoms. The fourth-order valence-corrected chi connectivity index (χ4v) is 1.41. The number of hydrogen-bond donors (Lipinski definition) is 2. The molecule has 0 aliphatic heterocycles. The Morgan fingerprint density at radius 1 is 1.44 bits per heavy atom. The normalized spacial score (nSPS) is 11.9. The van der Waals surface area contributed by atoms with Gasteiger partial charge in [0, 0.05) is 13.0 Å². The summed E-state index contributed by atoms with van der Waals surface area (Å²) in [6, 6.07) is -0.553. The van der Waals surface area contributed by atoms with Crippen LogP contribution >= 0.6 is 0 Å². The maximum absolute atomic E-state index is 11.3. The van der Waals surface area contributed by atoms with Crippen LogP contribution in [0.1, 0.15) is 39.5 Å². The molecular formula is C11H22N2O3. The van der Waals surface area contributed by atoms with Crippen molar-refractivity contribution in [1.82, 2.24) is 5.32 Å². The third-order valence-corrected chi connectivity index (χ3v) is 2.18. The van der Waals surface area contributed by atoms with Gasteiger partial charge in [0.1, 0.15) is 0 Å². The number of nitrogens with two attached hydrogens (primary N) is 1. The first-order valence-corrected chi connectivity index (χ1v) is 5.75. The van der Waals surface area contributed by atoms with Gasteiger partial charge in [0.05, 0.1) is 6.61 Å². The van der Waals surface area contributed by atoms with Gasteiger partial charge in [0.2, 0.25) is 0 Å². The second-order valence-corrected chi connectivity index (χ2v) is 3.96. The molecule has 0 aromatic heterocycles. The van der Waals surface area contributed by atoms with Crippen LogP contribution in [-0.4, -0.2) is 25.2 Å². The van der Waals surface area contributed by atoms with Crippen LogP contribution in [0.3, 0.4) is 0 Å².